The zero-order valence-electron chi connectivity index (χ0n) is 13.4. The molecule has 1 N–H and O–H groups in total. The molecule has 4 rings (SSSR count). The van der Waals surface area contributed by atoms with Crippen LogP contribution in [-0.2, 0) is 11.3 Å². The average Bonchev–Trinajstić information content (AvgIpc) is 3.22. The fraction of sp³-hybridized carbons (Fsp3) is 0.444. The predicted molar refractivity (Wildman–Crippen MR) is 86.2 cm³/mol. The van der Waals surface area contributed by atoms with Crippen molar-refractivity contribution in [3.05, 3.63) is 48.0 Å². The summed E-state index contributed by atoms with van der Waals surface area (Å²) in [5.74, 6) is -0.660. The molecule has 1 aromatic carbocycles. The number of hydrogen-bond acceptors (Lipinski definition) is 3. The molecule has 2 aliphatic rings. The summed E-state index contributed by atoms with van der Waals surface area (Å²) in [6.45, 7) is 2.09. The van der Waals surface area contributed by atoms with Gasteiger partial charge in [-0.1, -0.05) is 6.42 Å². The third-order valence-electron chi connectivity index (χ3n) is 5.49. The van der Waals surface area contributed by atoms with Gasteiger partial charge in [0, 0.05) is 25.8 Å². The van der Waals surface area contributed by atoms with Crippen molar-refractivity contribution < 1.29 is 14.3 Å². The van der Waals surface area contributed by atoms with E-state index < -0.39 is 11.4 Å². The molecule has 1 aliphatic heterocycles. The van der Waals surface area contributed by atoms with E-state index in [1.54, 1.807) is 16.8 Å². The molecular weight excluding hydrogens is 309 g/mol. The van der Waals surface area contributed by atoms with E-state index in [1.165, 1.54) is 12.1 Å². The van der Waals surface area contributed by atoms with Gasteiger partial charge in [0.1, 0.15) is 5.82 Å². The number of benzene rings is 1. The third kappa shape index (κ3) is 2.51. The van der Waals surface area contributed by atoms with Gasteiger partial charge in [-0.3, -0.25) is 9.69 Å². The lowest BCUT2D eigenvalue weighted by molar-refractivity contribution is -0.149. The molecule has 24 heavy (non-hydrogen) atoms. The van der Waals surface area contributed by atoms with Gasteiger partial charge < -0.3 is 5.11 Å². The number of fused-ring (bicyclic) bond motifs is 1. The van der Waals surface area contributed by atoms with Gasteiger partial charge in [-0.25, -0.2) is 9.07 Å². The van der Waals surface area contributed by atoms with Crippen molar-refractivity contribution in [3.63, 3.8) is 0 Å². The van der Waals surface area contributed by atoms with Gasteiger partial charge in [0.25, 0.3) is 0 Å². The molecule has 0 spiro atoms. The fourth-order valence-electron chi connectivity index (χ4n) is 4.28. The van der Waals surface area contributed by atoms with Crippen LogP contribution in [0, 0.1) is 17.2 Å². The van der Waals surface area contributed by atoms with E-state index in [0.717, 1.165) is 37.2 Å². The Balaban J connectivity index is 1.47. The van der Waals surface area contributed by atoms with Crippen LogP contribution in [0.3, 0.4) is 0 Å². The minimum absolute atomic E-state index is 0.259. The van der Waals surface area contributed by atoms with E-state index >= 15 is 0 Å². The first kappa shape index (κ1) is 15.3. The summed E-state index contributed by atoms with van der Waals surface area (Å²) >= 11 is 0. The highest BCUT2D eigenvalue weighted by Gasteiger charge is 2.54. The second kappa shape index (κ2) is 5.70. The highest BCUT2D eigenvalue weighted by Crippen LogP contribution is 2.49. The Morgan fingerprint density at radius 1 is 1.33 bits per heavy atom. The van der Waals surface area contributed by atoms with E-state index in [9.17, 15) is 14.3 Å². The van der Waals surface area contributed by atoms with Crippen LogP contribution >= 0.6 is 0 Å². The molecule has 0 amide bonds. The lowest BCUT2D eigenvalue weighted by atomic mass is 9.81. The maximum atomic E-state index is 13.0. The van der Waals surface area contributed by atoms with E-state index in [2.05, 4.69) is 10.00 Å². The second-order valence-electron chi connectivity index (χ2n) is 6.95. The SMILES string of the molecule is O=C(O)[C@@]12CCC[C@H]1CN(Cc1ccn(-c3ccc(F)cc3)n1)C2. The molecule has 6 heteroatoms. The molecule has 0 unspecified atom stereocenters. The molecule has 1 aliphatic carbocycles. The Kier molecular flexibility index (Phi) is 3.64. The van der Waals surface area contributed by atoms with Crippen LogP contribution in [0.25, 0.3) is 5.69 Å². The van der Waals surface area contributed by atoms with Crippen LogP contribution < -0.4 is 0 Å². The molecule has 0 bridgehead atoms. The minimum atomic E-state index is -0.649. The lowest BCUT2D eigenvalue weighted by Crippen LogP contribution is -2.35. The van der Waals surface area contributed by atoms with Crippen molar-refractivity contribution >= 4 is 5.97 Å². The minimum Gasteiger partial charge on any atom is -0.481 e. The van der Waals surface area contributed by atoms with Crippen LogP contribution in [0.5, 0.6) is 0 Å². The predicted octanol–water partition coefficient (Wildman–Crippen LogP) is 2.70. The lowest BCUT2D eigenvalue weighted by Gasteiger charge is -2.23. The van der Waals surface area contributed by atoms with Crippen molar-refractivity contribution in [1.82, 2.24) is 14.7 Å². The van der Waals surface area contributed by atoms with Gasteiger partial charge >= 0.3 is 5.97 Å². The average molecular weight is 329 g/mol. The molecule has 2 fully saturated rings. The summed E-state index contributed by atoms with van der Waals surface area (Å²) in [6, 6.07) is 8.13. The number of hydrogen-bond donors (Lipinski definition) is 1. The second-order valence-corrected chi connectivity index (χ2v) is 6.95. The molecular formula is C18H20FN3O2. The van der Waals surface area contributed by atoms with Gasteiger partial charge in [-0.05, 0) is 49.1 Å². The van der Waals surface area contributed by atoms with Crippen LogP contribution in [-0.4, -0.2) is 38.8 Å². The van der Waals surface area contributed by atoms with Gasteiger partial charge in [0.05, 0.1) is 16.8 Å². The number of carboxylic acid groups (broad SMARTS) is 1. The number of nitrogens with zero attached hydrogens (tertiary/aromatic N) is 3. The van der Waals surface area contributed by atoms with Crippen molar-refractivity contribution in [2.24, 2.45) is 11.3 Å². The molecule has 2 aromatic rings. The van der Waals surface area contributed by atoms with Gasteiger partial charge in [0.2, 0.25) is 0 Å². The van der Waals surface area contributed by atoms with E-state index in [4.69, 9.17) is 0 Å². The number of carboxylic acids is 1. The number of aromatic nitrogens is 2. The number of rotatable bonds is 4. The van der Waals surface area contributed by atoms with Crippen LogP contribution in [0.4, 0.5) is 4.39 Å². The fourth-order valence-corrected chi connectivity index (χ4v) is 4.28. The van der Waals surface area contributed by atoms with Crippen molar-refractivity contribution in [2.45, 2.75) is 25.8 Å². The Morgan fingerprint density at radius 3 is 2.83 bits per heavy atom. The number of aliphatic carboxylic acids is 1. The zero-order valence-corrected chi connectivity index (χ0v) is 13.4. The first-order chi connectivity index (χ1) is 11.6. The summed E-state index contributed by atoms with van der Waals surface area (Å²) in [7, 11) is 0. The maximum Gasteiger partial charge on any atom is 0.311 e. The van der Waals surface area contributed by atoms with E-state index in [-0.39, 0.29) is 11.7 Å². The molecule has 2 heterocycles. The van der Waals surface area contributed by atoms with Gasteiger partial charge in [-0.2, -0.15) is 5.10 Å². The summed E-state index contributed by atoms with van der Waals surface area (Å²) in [4.78, 5) is 13.9. The topological polar surface area (TPSA) is 58.4 Å². The number of carbonyl (C=O) groups is 1. The molecule has 2 atom stereocenters. The maximum absolute atomic E-state index is 13.0. The van der Waals surface area contributed by atoms with Gasteiger partial charge in [0.15, 0.2) is 0 Å². The van der Waals surface area contributed by atoms with Crippen molar-refractivity contribution in [1.29, 1.82) is 0 Å². The summed E-state index contributed by atoms with van der Waals surface area (Å²) in [5, 5.41) is 14.2. The number of halogens is 1. The Bertz CT molecular complexity index is 758. The smallest absolute Gasteiger partial charge is 0.311 e. The normalized spacial score (nSPS) is 26.6. The van der Waals surface area contributed by atoms with Gasteiger partial charge in [-0.15, -0.1) is 0 Å². The van der Waals surface area contributed by atoms with Crippen LogP contribution in [0.15, 0.2) is 36.5 Å². The van der Waals surface area contributed by atoms with Crippen LogP contribution in [0.1, 0.15) is 25.0 Å². The van der Waals surface area contributed by atoms with Crippen molar-refractivity contribution in [2.75, 3.05) is 13.1 Å². The highest BCUT2D eigenvalue weighted by molar-refractivity contribution is 5.76. The standard InChI is InChI=1S/C18H20FN3O2/c19-14-3-5-16(6-4-14)22-9-7-15(20-22)11-21-10-13-2-1-8-18(13,12-21)17(23)24/h3-7,9,13H,1-2,8,10-12H2,(H,23,24)/t13-,18+/m0/s1. The third-order valence-corrected chi connectivity index (χ3v) is 5.49. The van der Waals surface area contributed by atoms with E-state index in [1.807, 2.05) is 12.3 Å². The molecule has 1 saturated heterocycles. The number of likely N-dealkylation sites (tertiary alicyclic amines) is 1. The monoisotopic (exact) mass is 329 g/mol. The summed E-state index contributed by atoms with van der Waals surface area (Å²) in [5.41, 5.74) is 1.15. The van der Waals surface area contributed by atoms with Crippen molar-refractivity contribution in [3.8, 4) is 5.69 Å². The van der Waals surface area contributed by atoms with E-state index in [0.29, 0.717) is 13.1 Å². The molecule has 5 nitrogen and oxygen atoms in total. The quantitative estimate of drug-likeness (QED) is 0.937. The Labute approximate surface area is 139 Å². The molecule has 1 aromatic heterocycles. The zero-order chi connectivity index (χ0) is 16.7. The molecule has 0 radical (unpaired) electrons. The first-order valence-corrected chi connectivity index (χ1v) is 8.33. The molecule has 1 saturated carbocycles. The Hall–Kier alpha value is -2.21. The first-order valence-electron chi connectivity index (χ1n) is 8.33. The largest absolute Gasteiger partial charge is 0.481 e. The Morgan fingerprint density at radius 2 is 2.12 bits per heavy atom. The molecule has 126 valence electrons. The van der Waals surface area contributed by atoms with Crippen LogP contribution in [0.2, 0.25) is 0 Å². The summed E-state index contributed by atoms with van der Waals surface area (Å²) in [6.07, 6.45) is 4.66. The highest BCUT2D eigenvalue weighted by atomic mass is 19.1. The summed E-state index contributed by atoms with van der Waals surface area (Å²) < 4.78 is 14.7.